The molecule has 0 saturated heterocycles. The minimum Gasteiger partial charge on any atom is -0.326 e. The van der Waals surface area contributed by atoms with Crippen LogP contribution >= 0.6 is 0 Å². The maximum atomic E-state index is 13.0. The zero-order chi connectivity index (χ0) is 19.5. The molecule has 0 atom stereocenters. The van der Waals surface area contributed by atoms with Gasteiger partial charge < -0.3 is 5.32 Å². The molecule has 0 radical (unpaired) electrons. The summed E-state index contributed by atoms with van der Waals surface area (Å²) >= 11 is 0. The fourth-order valence-electron chi connectivity index (χ4n) is 4.36. The Bertz CT molecular complexity index is 976. The normalized spacial score (nSPS) is 19.5. The number of pyridine rings is 1. The van der Waals surface area contributed by atoms with Crippen LogP contribution < -0.4 is 5.32 Å². The fraction of sp³-hybridized carbons (Fsp3) is 0.333. The van der Waals surface area contributed by atoms with Crippen LogP contribution in [0.1, 0.15) is 49.3 Å². The number of benzene rings is 2. The first kappa shape index (κ1) is 18.6. The number of amides is 1. The molecule has 1 amide bonds. The Labute approximate surface area is 165 Å². The van der Waals surface area contributed by atoms with Gasteiger partial charge in [0.05, 0.1) is 5.52 Å². The summed E-state index contributed by atoms with van der Waals surface area (Å²) in [5.41, 5.74) is 4.18. The lowest BCUT2D eigenvalue weighted by molar-refractivity contribution is -0.117. The Morgan fingerprint density at radius 1 is 1.07 bits per heavy atom. The standard InChI is InChI=1S/C24H25FN2O/c1-16-14-22(21-4-2-3-5-23(21)26-16)18-8-6-17(7-9-18)15-24(28)27-20-12-10-19(25)11-13-20/h2-5,10-14,17-18H,6-9,15H2,1H3,(H,27,28)/t17-,18+. The highest BCUT2D eigenvalue weighted by molar-refractivity contribution is 5.90. The highest BCUT2D eigenvalue weighted by atomic mass is 19.1. The molecule has 0 aliphatic heterocycles. The number of hydrogen-bond acceptors (Lipinski definition) is 2. The maximum absolute atomic E-state index is 13.0. The third-order valence-corrected chi connectivity index (χ3v) is 5.76. The van der Waals surface area contributed by atoms with E-state index in [1.807, 2.05) is 6.07 Å². The molecule has 0 bridgehead atoms. The molecule has 0 spiro atoms. The largest absolute Gasteiger partial charge is 0.326 e. The number of nitrogens with zero attached hydrogens (tertiary/aromatic N) is 1. The number of carbonyl (C=O) groups excluding carboxylic acids is 1. The van der Waals surface area contributed by atoms with Gasteiger partial charge >= 0.3 is 0 Å². The van der Waals surface area contributed by atoms with Crippen LogP contribution in [0, 0.1) is 18.7 Å². The van der Waals surface area contributed by atoms with Gasteiger partial charge in [-0.1, -0.05) is 18.2 Å². The molecule has 1 heterocycles. The van der Waals surface area contributed by atoms with Gasteiger partial charge in [-0.25, -0.2) is 4.39 Å². The van der Waals surface area contributed by atoms with Crippen molar-refractivity contribution < 1.29 is 9.18 Å². The van der Waals surface area contributed by atoms with Crippen LogP contribution in [0.5, 0.6) is 0 Å². The van der Waals surface area contributed by atoms with Crippen molar-refractivity contribution in [3.05, 3.63) is 71.7 Å². The average Bonchev–Trinajstić information content (AvgIpc) is 2.70. The van der Waals surface area contributed by atoms with Crippen molar-refractivity contribution in [3.63, 3.8) is 0 Å². The van der Waals surface area contributed by atoms with Gasteiger partial charge in [-0.05, 0) is 86.4 Å². The highest BCUT2D eigenvalue weighted by Crippen LogP contribution is 2.39. The molecule has 1 saturated carbocycles. The van der Waals surface area contributed by atoms with Crippen molar-refractivity contribution in [1.82, 2.24) is 4.98 Å². The van der Waals surface area contributed by atoms with Crippen LogP contribution in [0.4, 0.5) is 10.1 Å². The number of aromatic nitrogens is 1. The third kappa shape index (κ3) is 4.22. The number of carbonyl (C=O) groups is 1. The lowest BCUT2D eigenvalue weighted by atomic mass is 9.76. The Balaban J connectivity index is 1.37. The van der Waals surface area contributed by atoms with E-state index in [0.717, 1.165) is 36.9 Å². The van der Waals surface area contributed by atoms with Crippen molar-refractivity contribution >= 4 is 22.5 Å². The van der Waals surface area contributed by atoms with Crippen molar-refractivity contribution in [1.29, 1.82) is 0 Å². The quantitative estimate of drug-likeness (QED) is 0.608. The Hall–Kier alpha value is -2.75. The predicted molar refractivity (Wildman–Crippen MR) is 111 cm³/mol. The molecule has 0 unspecified atom stereocenters. The second-order valence-electron chi connectivity index (χ2n) is 7.85. The topological polar surface area (TPSA) is 42.0 Å². The molecule has 1 aromatic heterocycles. The van der Waals surface area contributed by atoms with Gasteiger partial charge in [-0.15, -0.1) is 0 Å². The molecule has 3 nitrogen and oxygen atoms in total. The Morgan fingerprint density at radius 2 is 1.79 bits per heavy atom. The van der Waals surface area contributed by atoms with Gasteiger partial charge in [0.2, 0.25) is 5.91 Å². The zero-order valence-electron chi connectivity index (χ0n) is 16.1. The van der Waals surface area contributed by atoms with E-state index in [-0.39, 0.29) is 11.7 Å². The van der Waals surface area contributed by atoms with Crippen molar-refractivity contribution in [2.45, 2.75) is 44.9 Å². The summed E-state index contributed by atoms with van der Waals surface area (Å²) in [6.07, 6.45) is 4.83. The molecule has 2 aromatic carbocycles. The van der Waals surface area contributed by atoms with Crippen molar-refractivity contribution in [3.8, 4) is 0 Å². The van der Waals surface area contributed by atoms with E-state index in [1.54, 1.807) is 12.1 Å². The first-order chi connectivity index (χ1) is 13.6. The summed E-state index contributed by atoms with van der Waals surface area (Å²) in [5.74, 6) is 0.657. The zero-order valence-corrected chi connectivity index (χ0v) is 16.1. The predicted octanol–water partition coefficient (Wildman–Crippen LogP) is 5.98. The van der Waals surface area contributed by atoms with Gasteiger partial charge in [-0.2, -0.15) is 0 Å². The highest BCUT2D eigenvalue weighted by Gasteiger charge is 2.25. The minimum absolute atomic E-state index is 0.0141. The van der Waals surface area contributed by atoms with Crippen LogP contribution in [0.2, 0.25) is 0 Å². The summed E-state index contributed by atoms with van der Waals surface area (Å²) in [4.78, 5) is 17.0. The summed E-state index contributed by atoms with van der Waals surface area (Å²) in [7, 11) is 0. The second-order valence-corrected chi connectivity index (χ2v) is 7.85. The van der Waals surface area contributed by atoms with Crippen molar-refractivity contribution in [2.75, 3.05) is 5.32 Å². The first-order valence-electron chi connectivity index (χ1n) is 10.00. The van der Waals surface area contributed by atoms with E-state index in [2.05, 4.69) is 41.5 Å². The lowest BCUT2D eigenvalue weighted by Crippen LogP contribution is -2.20. The van der Waals surface area contributed by atoms with Crippen LogP contribution in [-0.4, -0.2) is 10.9 Å². The number of fused-ring (bicyclic) bond motifs is 1. The third-order valence-electron chi connectivity index (χ3n) is 5.76. The fourth-order valence-corrected chi connectivity index (χ4v) is 4.36. The van der Waals surface area contributed by atoms with Crippen LogP contribution in [-0.2, 0) is 4.79 Å². The van der Waals surface area contributed by atoms with E-state index < -0.39 is 0 Å². The summed E-state index contributed by atoms with van der Waals surface area (Å²) in [6.45, 7) is 2.06. The number of nitrogens with one attached hydrogen (secondary N) is 1. The number of anilines is 1. The van der Waals surface area contributed by atoms with Crippen LogP contribution in [0.3, 0.4) is 0 Å². The van der Waals surface area contributed by atoms with Crippen molar-refractivity contribution in [2.24, 2.45) is 5.92 Å². The number of hydrogen-bond donors (Lipinski definition) is 1. The van der Waals surface area contributed by atoms with E-state index in [4.69, 9.17) is 0 Å². The van der Waals surface area contributed by atoms with Gasteiger partial charge in [0.1, 0.15) is 5.82 Å². The summed E-state index contributed by atoms with van der Waals surface area (Å²) in [6, 6.07) is 16.5. The van der Waals surface area contributed by atoms with Gasteiger partial charge in [0.15, 0.2) is 0 Å². The van der Waals surface area contributed by atoms with E-state index in [0.29, 0.717) is 23.9 Å². The maximum Gasteiger partial charge on any atom is 0.224 e. The lowest BCUT2D eigenvalue weighted by Gasteiger charge is -2.29. The Kier molecular flexibility index (Phi) is 5.38. The van der Waals surface area contributed by atoms with Crippen LogP contribution in [0.25, 0.3) is 10.9 Å². The molecular weight excluding hydrogens is 351 g/mol. The van der Waals surface area contributed by atoms with E-state index in [9.17, 15) is 9.18 Å². The van der Waals surface area contributed by atoms with Gasteiger partial charge in [0.25, 0.3) is 0 Å². The molecule has 1 fully saturated rings. The number of aryl methyl sites for hydroxylation is 1. The average molecular weight is 376 g/mol. The molecule has 28 heavy (non-hydrogen) atoms. The molecule has 1 N–H and O–H groups in total. The van der Waals surface area contributed by atoms with Crippen LogP contribution in [0.15, 0.2) is 54.6 Å². The summed E-state index contributed by atoms with van der Waals surface area (Å²) in [5, 5.41) is 4.13. The SMILES string of the molecule is Cc1cc([C@H]2CC[C@@H](CC(=O)Nc3ccc(F)cc3)CC2)c2ccccc2n1. The monoisotopic (exact) mass is 376 g/mol. The first-order valence-corrected chi connectivity index (χ1v) is 10.00. The Morgan fingerprint density at radius 3 is 2.54 bits per heavy atom. The molecule has 4 heteroatoms. The van der Waals surface area contributed by atoms with Gasteiger partial charge in [-0.3, -0.25) is 9.78 Å². The molecule has 4 rings (SSSR count). The van der Waals surface area contributed by atoms with E-state index >= 15 is 0 Å². The van der Waals surface area contributed by atoms with Gasteiger partial charge in [0, 0.05) is 23.2 Å². The second kappa shape index (κ2) is 8.09. The minimum atomic E-state index is -0.296. The molecular formula is C24H25FN2O. The summed E-state index contributed by atoms with van der Waals surface area (Å²) < 4.78 is 13.0. The molecule has 1 aliphatic carbocycles. The molecule has 144 valence electrons. The number of halogens is 1. The number of para-hydroxylation sites is 1. The molecule has 1 aliphatic rings. The molecule has 3 aromatic rings. The smallest absolute Gasteiger partial charge is 0.224 e. The number of rotatable bonds is 4. The van der Waals surface area contributed by atoms with E-state index in [1.165, 1.54) is 23.1 Å².